The maximum atomic E-state index is 13.4. The van der Waals surface area contributed by atoms with Crippen molar-refractivity contribution in [3.05, 3.63) is 107 Å². The molecule has 8 nitrogen and oxygen atoms in total. The van der Waals surface area contributed by atoms with E-state index in [2.05, 4.69) is 39.4 Å². The summed E-state index contributed by atoms with van der Waals surface area (Å²) in [6, 6.07) is 28.0. The van der Waals surface area contributed by atoms with Crippen LogP contribution in [0.3, 0.4) is 0 Å². The lowest BCUT2D eigenvalue weighted by molar-refractivity contribution is -0.131. The maximum Gasteiger partial charge on any atom is 0.262 e. The van der Waals surface area contributed by atoms with Crippen molar-refractivity contribution in [2.75, 3.05) is 31.1 Å². The van der Waals surface area contributed by atoms with Crippen molar-refractivity contribution < 1.29 is 4.79 Å². The molecule has 0 unspecified atom stereocenters. The normalized spacial score (nSPS) is 13.9. The predicted molar refractivity (Wildman–Crippen MR) is 148 cm³/mol. The van der Waals surface area contributed by atoms with Crippen molar-refractivity contribution in [3.8, 4) is 0 Å². The van der Waals surface area contributed by atoms with Crippen molar-refractivity contribution >= 4 is 28.3 Å². The summed E-state index contributed by atoms with van der Waals surface area (Å²) in [5, 5.41) is 9.49. The van der Waals surface area contributed by atoms with Crippen LogP contribution in [0.25, 0.3) is 16.7 Å². The molecule has 3 heterocycles. The van der Waals surface area contributed by atoms with E-state index in [0.717, 1.165) is 24.2 Å². The number of piperazine rings is 1. The first-order valence-electron chi connectivity index (χ1n) is 13.2. The molecule has 192 valence electrons. The van der Waals surface area contributed by atoms with Crippen LogP contribution in [0.1, 0.15) is 17.8 Å². The van der Waals surface area contributed by atoms with Gasteiger partial charge in [-0.2, -0.15) is 0 Å². The first-order valence-corrected chi connectivity index (χ1v) is 13.2. The van der Waals surface area contributed by atoms with Crippen LogP contribution >= 0.6 is 0 Å². The quantitative estimate of drug-likeness (QED) is 0.337. The van der Waals surface area contributed by atoms with Gasteiger partial charge in [0.05, 0.1) is 10.9 Å². The van der Waals surface area contributed by atoms with Gasteiger partial charge in [-0.1, -0.05) is 60.7 Å². The second kappa shape index (κ2) is 10.5. The third-order valence-electron chi connectivity index (χ3n) is 7.36. The number of para-hydroxylation sites is 2. The van der Waals surface area contributed by atoms with E-state index in [-0.39, 0.29) is 11.5 Å². The number of fused-ring (bicyclic) bond motifs is 3. The fourth-order valence-electron chi connectivity index (χ4n) is 5.29. The summed E-state index contributed by atoms with van der Waals surface area (Å²) < 4.78 is 3.65. The number of amides is 1. The number of hydrogen-bond acceptors (Lipinski definition) is 5. The Bertz CT molecular complexity index is 1620. The number of aryl methyl sites for hydroxylation is 3. The van der Waals surface area contributed by atoms with Gasteiger partial charge in [-0.05, 0) is 36.2 Å². The Morgan fingerprint density at radius 1 is 0.763 bits per heavy atom. The number of aromatic nitrogens is 4. The summed E-state index contributed by atoms with van der Waals surface area (Å²) in [5.41, 5.74) is 3.05. The molecule has 6 rings (SSSR count). The molecule has 1 aliphatic rings. The van der Waals surface area contributed by atoms with Gasteiger partial charge in [-0.25, -0.2) is 0 Å². The van der Waals surface area contributed by atoms with Crippen LogP contribution < -0.4 is 10.5 Å². The molecule has 0 atom stereocenters. The molecular formula is C30H30N6O2. The molecule has 0 spiro atoms. The lowest BCUT2D eigenvalue weighted by Gasteiger charge is -2.36. The molecule has 0 N–H and O–H groups in total. The second-order valence-electron chi connectivity index (χ2n) is 9.66. The molecule has 0 bridgehead atoms. The van der Waals surface area contributed by atoms with E-state index >= 15 is 0 Å². The lowest BCUT2D eigenvalue weighted by Crippen LogP contribution is -2.48. The molecule has 1 aliphatic heterocycles. The number of carbonyl (C=O) groups excluding carboxylic acids is 1. The number of benzene rings is 3. The van der Waals surface area contributed by atoms with Crippen molar-refractivity contribution in [2.45, 2.75) is 25.8 Å². The molecule has 38 heavy (non-hydrogen) atoms. The fraction of sp³-hybridized carbons (Fsp3) is 0.267. The van der Waals surface area contributed by atoms with E-state index < -0.39 is 0 Å². The zero-order valence-corrected chi connectivity index (χ0v) is 21.2. The van der Waals surface area contributed by atoms with E-state index in [1.165, 1.54) is 5.69 Å². The van der Waals surface area contributed by atoms with Gasteiger partial charge in [0.1, 0.15) is 5.82 Å². The molecule has 8 heteroatoms. The summed E-state index contributed by atoms with van der Waals surface area (Å²) in [6.07, 6.45) is 1.52. The maximum absolute atomic E-state index is 13.4. The fourth-order valence-corrected chi connectivity index (χ4v) is 5.29. The first kappa shape index (κ1) is 23.9. The van der Waals surface area contributed by atoms with Gasteiger partial charge in [0.25, 0.3) is 5.56 Å². The topological polar surface area (TPSA) is 75.7 Å². The van der Waals surface area contributed by atoms with E-state index in [1.807, 2.05) is 70.0 Å². The Morgan fingerprint density at radius 3 is 2.21 bits per heavy atom. The van der Waals surface area contributed by atoms with Crippen LogP contribution in [0.2, 0.25) is 0 Å². The summed E-state index contributed by atoms with van der Waals surface area (Å²) in [7, 11) is 0. The smallest absolute Gasteiger partial charge is 0.262 e. The SMILES string of the molecule is O=C(CCc1nnc2n(CCc3ccccc3)c(=O)c3ccccc3n12)N1CCN(c2ccccc2)CC1. The van der Waals surface area contributed by atoms with Crippen molar-refractivity contribution in [1.29, 1.82) is 0 Å². The molecule has 0 aliphatic carbocycles. The molecular weight excluding hydrogens is 476 g/mol. The van der Waals surface area contributed by atoms with Gasteiger partial charge in [0.2, 0.25) is 11.7 Å². The zero-order chi connectivity index (χ0) is 25.9. The number of rotatable bonds is 7. The Labute approximate surface area is 220 Å². The highest BCUT2D eigenvalue weighted by atomic mass is 16.2. The van der Waals surface area contributed by atoms with Gasteiger partial charge in [-0.15, -0.1) is 10.2 Å². The summed E-state index contributed by atoms with van der Waals surface area (Å²) in [4.78, 5) is 30.8. The van der Waals surface area contributed by atoms with Crippen LogP contribution in [-0.4, -0.2) is 56.2 Å². The van der Waals surface area contributed by atoms with E-state index in [9.17, 15) is 9.59 Å². The second-order valence-corrected chi connectivity index (χ2v) is 9.66. The van der Waals surface area contributed by atoms with E-state index in [4.69, 9.17) is 0 Å². The summed E-state index contributed by atoms with van der Waals surface area (Å²) in [5.74, 6) is 1.33. The van der Waals surface area contributed by atoms with E-state index in [1.54, 1.807) is 4.57 Å². The Balaban J connectivity index is 1.21. The molecule has 5 aromatic rings. The third kappa shape index (κ3) is 4.65. The van der Waals surface area contributed by atoms with Gasteiger partial charge in [0.15, 0.2) is 0 Å². The van der Waals surface area contributed by atoms with Crippen molar-refractivity contribution in [3.63, 3.8) is 0 Å². The zero-order valence-electron chi connectivity index (χ0n) is 21.2. The van der Waals surface area contributed by atoms with Crippen LogP contribution in [-0.2, 0) is 24.2 Å². The standard InChI is InChI=1S/C30H30N6O2/c37-28(34-21-19-33(20-22-34)24-11-5-2-6-12-24)16-15-27-31-32-30-35(18-17-23-9-3-1-4-10-23)29(38)25-13-7-8-14-26(25)36(27)30/h1-14H,15-22H2. The van der Waals surface area contributed by atoms with Gasteiger partial charge in [-0.3, -0.25) is 18.6 Å². The van der Waals surface area contributed by atoms with Gasteiger partial charge >= 0.3 is 0 Å². The minimum Gasteiger partial charge on any atom is -0.368 e. The van der Waals surface area contributed by atoms with Gasteiger partial charge in [0, 0.05) is 51.3 Å². The average Bonchev–Trinajstić information content (AvgIpc) is 3.41. The summed E-state index contributed by atoms with van der Waals surface area (Å²) in [6.45, 7) is 3.55. The van der Waals surface area contributed by atoms with Crippen LogP contribution in [0.5, 0.6) is 0 Å². The number of anilines is 1. The molecule has 0 radical (unpaired) electrons. The number of nitrogens with zero attached hydrogens (tertiary/aromatic N) is 6. The average molecular weight is 507 g/mol. The van der Waals surface area contributed by atoms with Crippen LogP contribution in [0.15, 0.2) is 89.7 Å². The van der Waals surface area contributed by atoms with Crippen molar-refractivity contribution in [1.82, 2.24) is 24.1 Å². The predicted octanol–water partition coefficient (Wildman–Crippen LogP) is 3.57. The Morgan fingerprint density at radius 2 is 1.45 bits per heavy atom. The van der Waals surface area contributed by atoms with E-state index in [0.29, 0.717) is 55.9 Å². The minimum atomic E-state index is -0.0738. The molecule has 1 saturated heterocycles. The van der Waals surface area contributed by atoms with Crippen LogP contribution in [0.4, 0.5) is 5.69 Å². The Kier molecular flexibility index (Phi) is 6.60. The molecule has 1 fully saturated rings. The highest BCUT2D eigenvalue weighted by molar-refractivity contribution is 5.80. The highest BCUT2D eigenvalue weighted by Crippen LogP contribution is 2.18. The largest absolute Gasteiger partial charge is 0.368 e. The molecule has 0 saturated carbocycles. The van der Waals surface area contributed by atoms with Crippen molar-refractivity contribution in [2.24, 2.45) is 0 Å². The molecule has 1 amide bonds. The summed E-state index contributed by atoms with van der Waals surface area (Å²) >= 11 is 0. The Hall–Kier alpha value is -4.46. The number of hydrogen-bond donors (Lipinski definition) is 0. The lowest BCUT2D eigenvalue weighted by atomic mass is 10.1. The minimum absolute atomic E-state index is 0.0738. The third-order valence-corrected chi connectivity index (χ3v) is 7.36. The van der Waals surface area contributed by atoms with Gasteiger partial charge < -0.3 is 9.80 Å². The number of carbonyl (C=O) groups is 1. The first-order chi connectivity index (χ1) is 18.7. The molecule has 2 aromatic heterocycles. The molecule has 3 aromatic carbocycles. The van der Waals surface area contributed by atoms with Crippen LogP contribution in [0, 0.1) is 0 Å². The monoisotopic (exact) mass is 506 g/mol. The highest BCUT2D eigenvalue weighted by Gasteiger charge is 2.22.